The van der Waals surface area contributed by atoms with Gasteiger partial charge in [0.2, 0.25) is 0 Å². The predicted molar refractivity (Wildman–Crippen MR) is 80.6 cm³/mol. The van der Waals surface area contributed by atoms with Gasteiger partial charge in [-0.05, 0) is 28.1 Å². The Morgan fingerprint density at radius 3 is 2.42 bits per heavy atom. The van der Waals surface area contributed by atoms with Crippen LogP contribution in [0.5, 0.6) is 0 Å². The lowest BCUT2D eigenvalue weighted by atomic mass is 10.2. The Labute approximate surface area is 123 Å². The van der Waals surface area contributed by atoms with Gasteiger partial charge in [-0.3, -0.25) is 0 Å². The lowest BCUT2D eigenvalue weighted by Gasteiger charge is -2.36. The summed E-state index contributed by atoms with van der Waals surface area (Å²) in [6.07, 6.45) is 0. The third kappa shape index (κ3) is 2.74. The average molecular weight is 342 g/mol. The number of aromatic nitrogens is 1. The third-order valence-electron chi connectivity index (χ3n) is 3.21. The first-order valence-corrected chi connectivity index (χ1v) is 7.77. The quantitative estimate of drug-likeness (QED) is 0.834. The first-order chi connectivity index (χ1) is 9.24. The standard InChI is InChI=1S/C13H13BrFN3S/c14-12-9-19-13(16-12)18-7-5-17(6-8-18)11-4-2-1-3-10(11)15/h1-4,9H,5-8H2. The minimum Gasteiger partial charge on any atom is -0.366 e. The van der Waals surface area contributed by atoms with Gasteiger partial charge in [-0.2, -0.15) is 0 Å². The van der Waals surface area contributed by atoms with E-state index in [9.17, 15) is 4.39 Å². The Bertz CT molecular complexity index is 567. The number of anilines is 2. The summed E-state index contributed by atoms with van der Waals surface area (Å²) in [5, 5.41) is 3.01. The van der Waals surface area contributed by atoms with E-state index in [1.165, 1.54) is 6.07 Å². The number of halogens is 2. The van der Waals surface area contributed by atoms with E-state index >= 15 is 0 Å². The van der Waals surface area contributed by atoms with Crippen molar-refractivity contribution in [3.63, 3.8) is 0 Å². The van der Waals surface area contributed by atoms with Gasteiger partial charge in [0.1, 0.15) is 10.4 Å². The normalized spacial score (nSPS) is 15.9. The highest BCUT2D eigenvalue weighted by atomic mass is 79.9. The third-order valence-corrected chi connectivity index (χ3v) is 4.82. The highest BCUT2D eigenvalue weighted by molar-refractivity contribution is 9.10. The molecule has 0 amide bonds. The Morgan fingerprint density at radius 2 is 1.79 bits per heavy atom. The van der Waals surface area contributed by atoms with Crippen LogP contribution in [0.3, 0.4) is 0 Å². The number of rotatable bonds is 2. The van der Waals surface area contributed by atoms with E-state index in [4.69, 9.17) is 0 Å². The topological polar surface area (TPSA) is 19.4 Å². The number of hydrogen-bond donors (Lipinski definition) is 0. The number of piperazine rings is 1. The van der Waals surface area contributed by atoms with E-state index in [0.29, 0.717) is 5.69 Å². The molecule has 0 aliphatic carbocycles. The molecule has 2 heterocycles. The van der Waals surface area contributed by atoms with Crippen LogP contribution >= 0.6 is 27.3 Å². The maximum atomic E-state index is 13.7. The van der Waals surface area contributed by atoms with Gasteiger partial charge in [0.25, 0.3) is 0 Å². The molecule has 0 unspecified atom stereocenters. The number of nitrogens with zero attached hydrogens (tertiary/aromatic N) is 3. The largest absolute Gasteiger partial charge is 0.366 e. The number of para-hydroxylation sites is 1. The van der Waals surface area contributed by atoms with Crippen molar-refractivity contribution in [2.75, 3.05) is 36.0 Å². The van der Waals surface area contributed by atoms with Gasteiger partial charge in [-0.15, -0.1) is 11.3 Å². The Hall–Kier alpha value is -1.14. The van der Waals surface area contributed by atoms with Crippen molar-refractivity contribution in [3.05, 3.63) is 40.1 Å². The second-order valence-corrected chi connectivity index (χ2v) is 6.03. The second kappa shape index (κ2) is 5.46. The van der Waals surface area contributed by atoms with Gasteiger partial charge < -0.3 is 9.80 Å². The summed E-state index contributed by atoms with van der Waals surface area (Å²) in [6.45, 7) is 3.37. The first kappa shape index (κ1) is 12.9. The van der Waals surface area contributed by atoms with Crippen LogP contribution in [-0.2, 0) is 0 Å². The van der Waals surface area contributed by atoms with Crippen LogP contribution in [0, 0.1) is 5.82 Å². The van der Waals surface area contributed by atoms with E-state index in [-0.39, 0.29) is 5.82 Å². The second-order valence-electron chi connectivity index (χ2n) is 4.38. The molecule has 3 rings (SSSR count). The van der Waals surface area contributed by atoms with Gasteiger partial charge in [0.15, 0.2) is 5.13 Å². The van der Waals surface area contributed by atoms with E-state index in [2.05, 4.69) is 30.7 Å². The molecule has 19 heavy (non-hydrogen) atoms. The molecule has 1 aliphatic rings. The van der Waals surface area contributed by atoms with Crippen molar-refractivity contribution in [1.82, 2.24) is 4.98 Å². The summed E-state index contributed by atoms with van der Waals surface area (Å²) in [5.74, 6) is -0.145. The zero-order valence-corrected chi connectivity index (χ0v) is 12.6. The van der Waals surface area contributed by atoms with E-state index < -0.39 is 0 Å². The summed E-state index contributed by atoms with van der Waals surface area (Å²) in [6, 6.07) is 6.95. The molecule has 3 nitrogen and oxygen atoms in total. The van der Waals surface area contributed by atoms with Crippen molar-refractivity contribution in [2.24, 2.45) is 0 Å². The lowest BCUT2D eigenvalue weighted by Crippen LogP contribution is -2.46. The van der Waals surface area contributed by atoms with Crippen LogP contribution in [0.2, 0.25) is 0 Å². The van der Waals surface area contributed by atoms with Crippen molar-refractivity contribution in [1.29, 1.82) is 0 Å². The molecule has 0 radical (unpaired) electrons. The van der Waals surface area contributed by atoms with Crippen LogP contribution in [0.25, 0.3) is 0 Å². The molecule has 0 spiro atoms. The Morgan fingerprint density at radius 1 is 1.11 bits per heavy atom. The molecule has 100 valence electrons. The van der Waals surface area contributed by atoms with Crippen molar-refractivity contribution in [2.45, 2.75) is 0 Å². The van der Waals surface area contributed by atoms with Gasteiger partial charge >= 0.3 is 0 Å². The maximum Gasteiger partial charge on any atom is 0.186 e. The van der Waals surface area contributed by atoms with Gasteiger partial charge in [0.05, 0.1) is 5.69 Å². The zero-order chi connectivity index (χ0) is 13.2. The SMILES string of the molecule is Fc1ccccc1N1CCN(c2nc(Br)cs2)CC1. The molecule has 6 heteroatoms. The molecule has 0 N–H and O–H groups in total. The van der Waals surface area contributed by atoms with Crippen LogP contribution < -0.4 is 9.80 Å². The predicted octanol–water partition coefficient (Wildman–Crippen LogP) is 3.37. The van der Waals surface area contributed by atoms with Crippen molar-refractivity contribution < 1.29 is 4.39 Å². The average Bonchev–Trinajstić information content (AvgIpc) is 2.86. The summed E-state index contributed by atoms with van der Waals surface area (Å²) >= 11 is 5.00. The highest BCUT2D eigenvalue weighted by Gasteiger charge is 2.20. The summed E-state index contributed by atoms with van der Waals surface area (Å²) in [4.78, 5) is 8.75. The molecule has 0 bridgehead atoms. The fraction of sp³-hybridized carbons (Fsp3) is 0.308. The van der Waals surface area contributed by atoms with E-state index in [0.717, 1.165) is 35.9 Å². The monoisotopic (exact) mass is 341 g/mol. The van der Waals surface area contributed by atoms with Crippen LogP contribution in [0.4, 0.5) is 15.2 Å². The fourth-order valence-corrected chi connectivity index (χ4v) is 3.54. The van der Waals surface area contributed by atoms with Crippen molar-refractivity contribution >= 4 is 38.1 Å². The minimum atomic E-state index is -0.145. The molecule has 1 aromatic heterocycles. The van der Waals surface area contributed by atoms with Gasteiger partial charge in [0, 0.05) is 31.6 Å². The number of benzene rings is 1. The molecule has 1 fully saturated rings. The number of hydrogen-bond acceptors (Lipinski definition) is 4. The van der Waals surface area contributed by atoms with Crippen LogP contribution in [0.15, 0.2) is 34.2 Å². The highest BCUT2D eigenvalue weighted by Crippen LogP contribution is 2.26. The van der Waals surface area contributed by atoms with Gasteiger partial charge in [-0.1, -0.05) is 12.1 Å². The molecule has 0 saturated carbocycles. The first-order valence-electron chi connectivity index (χ1n) is 6.09. The van der Waals surface area contributed by atoms with E-state index in [1.54, 1.807) is 17.4 Å². The smallest absolute Gasteiger partial charge is 0.186 e. The summed E-state index contributed by atoms with van der Waals surface area (Å²) in [7, 11) is 0. The molecule has 0 atom stereocenters. The fourth-order valence-electron chi connectivity index (χ4n) is 2.24. The molecule has 1 saturated heterocycles. The van der Waals surface area contributed by atoms with Gasteiger partial charge in [-0.25, -0.2) is 9.37 Å². The molecule has 2 aromatic rings. The summed E-state index contributed by atoms with van der Waals surface area (Å²) < 4.78 is 14.6. The Kier molecular flexibility index (Phi) is 3.70. The zero-order valence-electron chi connectivity index (χ0n) is 10.2. The molecular weight excluding hydrogens is 329 g/mol. The minimum absolute atomic E-state index is 0.145. The van der Waals surface area contributed by atoms with Crippen molar-refractivity contribution in [3.8, 4) is 0 Å². The molecule has 1 aliphatic heterocycles. The number of thiazole rings is 1. The maximum absolute atomic E-state index is 13.7. The Balaban J connectivity index is 1.68. The molecular formula is C13H13BrFN3S. The van der Waals surface area contributed by atoms with E-state index in [1.807, 2.05) is 17.5 Å². The lowest BCUT2D eigenvalue weighted by molar-refractivity contribution is 0.597. The summed E-state index contributed by atoms with van der Waals surface area (Å²) in [5.41, 5.74) is 0.697. The van der Waals surface area contributed by atoms with Crippen LogP contribution in [-0.4, -0.2) is 31.2 Å². The van der Waals surface area contributed by atoms with Crippen LogP contribution in [0.1, 0.15) is 0 Å². The molecule has 1 aromatic carbocycles.